The first-order chi connectivity index (χ1) is 17.3. The predicted molar refractivity (Wildman–Crippen MR) is 137 cm³/mol. The Morgan fingerprint density at radius 2 is 1.64 bits per heavy atom. The van der Waals surface area contributed by atoms with Gasteiger partial charge in [-0.1, -0.05) is 29.3 Å². The van der Waals surface area contributed by atoms with Crippen LogP contribution in [0.2, 0.25) is 5.02 Å². The van der Waals surface area contributed by atoms with Crippen LogP contribution in [0.25, 0.3) is 33.7 Å². The molecule has 2 aromatic carbocycles. The van der Waals surface area contributed by atoms with Crippen LogP contribution in [-0.4, -0.2) is 42.3 Å². The number of fused-ring (bicyclic) bond motifs is 1. The summed E-state index contributed by atoms with van der Waals surface area (Å²) in [7, 11) is 0. The Balaban J connectivity index is 1.80. The molecule has 36 heavy (non-hydrogen) atoms. The van der Waals surface area contributed by atoms with E-state index in [2.05, 4.69) is 20.4 Å². The normalized spacial score (nSPS) is 11.2. The number of carbonyl (C=O) groups is 1. The summed E-state index contributed by atoms with van der Waals surface area (Å²) in [6.07, 6.45) is 0. The topological polar surface area (TPSA) is 134 Å². The number of hydrogen-bond acceptors (Lipinski definition) is 7. The lowest BCUT2D eigenvalue weighted by atomic mass is 10.1. The minimum absolute atomic E-state index is 0.0372. The summed E-state index contributed by atoms with van der Waals surface area (Å²) < 4.78 is 8.35. The lowest BCUT2D eigenvalue weighted by molar-refractivity contribution is 0.0528. The van der Waals surface area contributed by atoms with Crippen molar-refractivity contribution >= 4 is 34.3 Å². The van der Waals surface area contributed by atoms with Crippen molar-refractivity contribution in [3.8, 4) is 22.8 Å². The molecule has 3 aromatic heterocycles. The standard InChI is InChI=1S/C25H22ClN7O3/c1-4-36-25(35)19-21(30-33(23(19)27)17-11-7-15(26)8-12-17)20-18-14(3)32(16-9-5-13(2)6-10-16)31-22(18)24(34)29-28-20/h5-12H,4,27H2,1-3H3,(H,29,34). The minimum Gasteiger partial charge on any atom is -0.462 e. The van der Waals surface area contributed by atoms with Crippen LogP contribution in [-0.2, 0) is 4.74 Å². The number of aromatic amines is 1. The van der Waals surface area contributed by atoms with Crippen LogP contribution in [0, 0.1) is 13.8 Å². The van der Waals surface area contributed by atoms with Crippen molar-refractivity contribution in [2.24, 2.45) is 0 Å². The zero-order valence-electron chi connectivity index (χ0n) is 19.7. The van der Waals surface area contributed by atoms with Crippen molar-refractivity contribution in [2.75, 3.05) is 12.3 Å². The summed E-state index contributed by atoms with van der Waals surface area (Å²) in [6, 6.07) is 14.6. The number of nitrogens with one attached hydrogen (secondary N) is 1. The molecule has 0 saturated heterocycles. The minimum atomic E-state index is -0.657. The van der Waals surface area contributed by atoms with E-state index >= 15 is 0 Å². The van der Waals surface area contributed by atoms with Crippen molar-refractivity contribution in [1.82, 2.24) is 29.8 Å². The van der Waals surface area contributed by atoms with Crippen LogP contribution in [0.3, 0.4) is 0 Å². The maximum Gasteiger partial charge on any atom is 0.344 e. The third kappa shape index (κ3) is 3.81. The summed E-state index contributed by atoms with van der Waals surface area (Å²) in [4.78, 5) is 25.7. The van der Waals surface area contributed by atoms with E-state index in [1.165, 1.54) is 4.68 Å². The second-order valence-corrected chi connectivity index (χ2v) is 8.61. The molecule has 5 rings (SSSR count). The monoisotopic (exact) mass is 503 g/mol. The number of halogens is 1. The Labute approximate surface area is 210 Å². The molecule has 0 amide bonds. The van der Waals surface area contributed by atoms with E-state index in [-0.39, 0.29) is 34.9 Å². The Morgan fingerprint density at radius 1 is 1.00 bits per heavy atom. The number of nitrogens with two attached hydrogens (primary N) is 1. The van der Waals surface area contributed by atoms with E-state index in [1.54, 1.807) is 35.9 Å². The van der Waals surface area contributed by atoms with Crippen molar-refractivity contribution < 1.29 is 9.53 Å². The summed E-state index contributed by atoms with van der Waals surface area (Å²) >= 11 is 6.03. The second kappa shape index (κ2) is 8.97. The number of hydrogen-bond donors (Lipinski definition) is 2. The molecule has 0 fully saturated rings. The van der Waals surface area contributed by atoms with E-state index in [9.17, 15) is 9.59 Å². The highest BCUT2D eigenvalue weighted by molar-refractivity contribution is 6.30. The molecule has 0 atom stereocenters. The van der Waals surface area contributed by atoms with Crippen molar-refractivity contribution in [3.05, 3.63) is 80.7 Å². The number of aromatic nitrogens is 6. The molecular formula is C25H22ClN7O3. The van der Waals surface area contributed by atoms with Crippen LogP contribution in [0.5, 0.6) is 0 Å². The van der Waals surface area contributed by atoms with Gasteiger partial charge in [0.05, 0.1) is 29.1 Å². The number of nitrogen functional groups attached to an aromatic ring is 1. The van der Waals surface area contributed by atoms with Gasteiger partial charge in [0.1, 0.15) is 22.8 Å². The molecule has 0 radical (unpaired) electrons. The number of carbonyl (C=O) groups excluding carboxylic acids is 1. The Bertz CT molecular complexity index is 1670. The Hall–Kier alpha value is -4.44. The van der Waals surface area contributed by atoms with E-state index in [0.717, 1.165) is 11.3 Å². The Morgan fingerprint density at radius 3 is 2.31 bits per heavy atom. The SMILES string of the molecule is CCOC(=O)c1c(-c2n[nH]c(=O)c3nn(-c4ccc(C)cc4)c(C)c23)nn(-c2ccc(Cl)cc2)c1N. The van der Waals surface area contributed by atoms with Gasteiger partial charge in [-0.3, -0.25) is 4.79 Å². The maximum atomic E-state index is 13.0. The van der Waals surface area contributed by atoms with Crippen LogP contribution in [0.15, 0.2) is 53.3 Å². The number of benzene rings is 2. The van der Waals surface area contributed by atoms with Gasteiger partial charge >= 0.3 is 5.97 Å². The van der Waals surface area contributed by atoms with Crippen molar-refractivity contribution in [1.29, 1.82) is 0 Å². The van der Waals surface area contributed by atoms with Crippen molar-refractivity contribution in [3.63, 3.8) is 0 Å². The molecular weight excluding hydrogens is 482 g/mol. The van der Waals surface area contributed by atoms with Crippen LogP contribution >= 0.6 is 11.6 Å². The van der Waals surface area contributed by atoms with Gasteiger partial charge in [0.15, 0.2) is 5.52 Å². The molecule has 182 valence electrons. The third-order valence-electron chi connectivity index (χ3n) is 5.81. The molecule has 3 heterocycles. The highest BCUT2D eigenvalue weighted by Gasteiger charge is 2.29. The fourth-order valence-corrected chi connectivity index (χ4v) is 4.18. The van der Waals surface area contributed by atoms with Gasteiger partial charge in [-0.2, -0.15) is 15.3 Å². The molecule has 0 unspecified atom stereocenters. The molecule has 0 aliphatic heterocycles. The van der Waals surface area contributed by atoms with Gasteiger partial charge in [0, 0.05) is 5.02 Å². The number of rotatable bonds is 5. The molecule has 10 nitrogen and oxygen atoms in total. The summed E-state index contributed by atoms with van der Waals surface area (Å²) in [6.45, 7) is 5.65. The number of nitrogens with zero attached hydrogens (tertiary/aromatic N) is 5. The molecule has 3 N–H and O–H groups in total. The van der Waals surface area contributed by atoms with Gasteiger partial charge < -0.3 is 10.5 Å². The predicted octanol–water partition coefficient (Wildman–Crippen LogP) is 3.99. The fraction of sp³-hybridized carbons (Fsp3) is 0.160. The molecule has 0 spiro atoms. The van der Waals surface area contributed by atoms with Gasteiger partial charge in [0.2, 0.25) is 0 Å². The van der Waals surface area contributed by atoms with Crippen LogP contribution in [0.1, 0.15) is 28.5 Å². The second-order valence-electron chi connectivity index (χ2n) is 8.18. The molecule has 5 aromatic rings. The van der Waals surface area contributed by atoms with E-state index in [0.29, 0.717) is 21.8 Å². The average Bonchev–Trinajstić information content (AvgIpc) is 3.39. The number of H-pyrrole nitrogens is 1. The molecule has 0 bridgehead atoms. The summed E-state index contributed by atoms with van der Waals surface area (Å²) in [5.74, 6) is -0.592. The first-order valence-electron chi connectivity index (χ1n) is 11.2. The first-order valence-corrected chi connectivity index (χ1v) is 11.5. The van der Waals surface area contributed by atoms with Gasteiger partial charge in [-0.05, 0) is 57.2 Å². The first kappa shape index (κ1) is 23.3. The summed E-state index contributed by atoms with van der Waals surface area (Å²) in [5.41, 5.74) is 9.66. The highest BCUT2D eigenvalue weighted by atomic mass is 35.5. The number of ether oxygens (including phenoxy) is 1. The van der Waals surface area contributed by atoms with Gasteiger partial charge in [-0.15, -0.1) is 0 Å². The van der Waals surface area contributed by atoms with E-state index < -0.39 is 11.5 Å². The number of anilines is 1. The molecule has 0 aliphatic rings. The highest BCUT2D eigenvalue weighted by Crippen LogP contribution is 2.34. The maximum absolute atomic E-state index is 13.0. The zero-order valence-corrected chi connectivity index (χ0v) is 20.5. The average molecular weight is 504 g/mol. The number of aryl methyl sites for hydroxylation is 2. The van der Waals surface area contributed by atoms with E-state index in [1.807, 2.05) is 38.1 Å². The van der Waals surface area contributed by atoms with Gasteiger partial charge in [0.25, 0.3) is 5.56 Å². The smallest absolute Gasteiger partial charge is 0.344 e. The summed E-state index contributed by atoms with van der Waals surface area (Å²) in [5, 5.41) is 16.9. The quantitative estimate of drug-likeness (QED) is 0.346. The fourth-order valence-electron chi connectivity index (χ4n) is 4.05. The van der Waals surface area contributed by atoms with Crippen LogP contribution in [0.4, 0.5) is 5.82 Å². The zero-order chi connectivity index (χ0) is 25.6. The van der Waals surface area contributed by atoms with E-state index in [4.69, 9.17) is 22.1 Å². The lowest BCUT2D eigenvalue weighted by Crippen LogP contribution is -2.12. The van der Waals surface area contributed by atoms with Crippen LogP contribution < -0.4 is 11.3 Å². The molecule has 11 heteroatoms. The lowest BCUT2D eigenvalue weighted by Gasteiger charge is -2.06. The largest absolute Gasteiger partial charge is 0.462 e. The third-order valence-corrected chi connectivity index (χ3v) is 6.06. The number of esters is 1. The molecule has 0 aliphatic carbocycles. The van der Waals surface area contributed by atoms with Crippen molar-refractivity contribution in [2.45, 2.75) is 20.8 Å². The Kier molecular flexibility index (Phi) is 5.81. The molecule has 0 saturated carbocycles. The van der Waals surface area contributed by atoms with Gasteiger partial charge in [-0.25, -0.2) is 19.3 Å².